The molecule has 4 aliphatic carbocycles. The second-order valence-corrected chi connectivity index (χ2v) is 11.6. The molecular weight excluding hydrogens is 428 g/mol. The Balaban J connectivity index is 1.05. The van der Waals surface area contributed by atoms with Crippen LogP contribution >= 0.6 is 0 Å². The van der Waals surface area contributed by atoms with E-state index in [1.54, 1.807) is 0 Å². The van der Waals surface area contributed by atoms with E-state index in [0.29, 0.717) is 13.0 Å². The first kappa shape index (κ1) is 23.3. The summed E-state index contributed by atoms with van der Waals surface area (Å²) in [5, 5.41) is 5.74. The molecule has 0 aromatic heterocycles. The fourth-order valence-electron chi connectivity index (χ4n) is 7.68. The molecule has 4 saturated carbocycles. The van der Waals surface area contributed by atoms with Crippen LogP contribution in [0.1, 0.15) is 63.4 Å². The van der Waals surface area contributed by atoms with Crippen LogP contribution in [0.5, 0.6) is 0 Å². The van der Waals surface area contributed by atoms with Gasteiger partial charge < -0.3 is 16.4 Å². The van der Waals surface area contributed by atoms with Gasteiger partial charge in [0.1, 0.15) is 0 Å². The van der Waals surface area contributed by atoms with E-state index in [4.69, 9.17) is 5.73 Å². The standard InChI is InChI=1S/C27H38N4O3/c28-26(34)22-2-1-7-31(17-22)16-18-3-5-23(6-4-18)30-25(33)15-29-24(32)14-27-11-19-8-20(12-27)10-21(9-19)13-27/h3-6,19-22H,1-2,7-17H2,(H2,28,34)(H,29,32)(H,30,33). The quantitative estimate of drug-likeness (QED) is 0.548. The van der Waals surface area contributed by atoms with Crippen molar-refractivity contribution in [1.82, 2.24) is 10.2 Å². The minimum absolute atomic E-state index is 0.00916. The Labute approximate surface area is 202 Å². The Morgan fingerprint density at radius 3 is 2.24 bits per heavy atom. The maximum Gasteiger partial charge on any atom is 0.243 e. The summed E-state index contributed by atoms with van der Waals surface area (Å²) >= 11 is 0. The average molecular weight is 467 g/mol. The van der Waals surface area contributed by atoms with Crippen molar-refractivity contribution in [2.75, 3.05) is 25.0 Å². The van der Waals surface area contributed by atoms with Crippen LogP contribution in [-0.2, 0) is 20.9 Å². The predicted octanol–water partition coefficient (Wildman–Crippen LogP) is 3.05. The molecule has 0 radical (unpaired) electrons. The summed E-state index contributed by atoms with van der Waals surface area (Å²) < 4.78 is 0. The summed E-state index contributed by atoms with van der Waals surface area (Å²) in [4.78, 5) is 38.8. The second-order valence-electron chi connectivity index (χ2n) is 11.6. The Kier molecular flexibility index (Phi) is 6.65. The van der Waals surface area contributed by atoms with Gasteiger partial charge in [0.15, 0.2) is 0 Å². The molecule has 1 aromatic carbocycles. The largest absolute Gasteiger partial charge is 0.369 e. The van der Waals surface area contributed by atoms with Gasteiger partial charge in [-0.25, -0.2) is 0 Å². The molecule has 4 N–H and O–H groups in total. The van der Waals surface area contributed by atoms with Crippen LogP contribution in [0.15, 0.2) is 24.3 Å². The molecule has 184 valence electrons. The molecule has 0 spiro atoms. The van der Waals surface area contributed by atoms with Crippen molar-refractivity contribution in [3.05, 3.63) is 29.8 Å². The van der Waals surface area contributed by atoms with Gasteiger partial charge in [-0.3, -0.25) is 19.3 Å². The van der Waals surface area contributed by atoms with Crippen molar-refractivity contribution in [3.63, 3.8) is 0 Å². The Bertz CT molecular complexity index is 893. The third-order valence-electron chi connectivity index (χ3n) is 8.70. The van der Waals surface area contributed by atoms with Crippen molar-refractivity contribution in [2.24, 2.45) is 34.8 Å². The van der Waals surface area contributed by atoms with E-state index >= 15 is 0 Å². The monoisotopic (exact) mass is 466 g/mol. The summed E-state index contributed by atoms with van der Waals surface area (Å²) in [5.74, 6) is 2.01. The van der Waals surface area contributed by atoms with Gasteiger partial charge in [-0.05, 0) is 98.8 Å². The molecule has 4 bridgehead atoms. The number of benzene rings is 1. The van der Waals surface area contributed by atoms with Crippen molar-refractivity contribution in [2.45, 2.75) is 64.3 Å². The minimum Gasteiger partial charge on any atom is -0.369 e. The van der Waals surface area contributed by atoms with E-state index in [1.807, 2.05) is 24.3 Å². The third-order valence-corrected chi connectivity index (χ3v) is 8.70. The number of nitrogens with one attached hydrogen (secondary N) is 2. The van der Waals surface area contributed by atoms with Gasteiger partial charge in [0.05, 0.1) is 12.5 Å². The van der Waals surface area contributed by atoms with E-state index in [1.165, 1.54) is 38.5 Å². The van der Waals surface area contributed by atoms with E-state index in [-0.39, 0.29) is 35.6 Å². The van der Waals surface area contributed by atoms with Crippen molar-refractivity contribution in [1.29, 1.82) is 0 Å². The summed E-state index contributed by atoms with van der Waals surface area (Å²) in [7, 11) is 0. The average Bonchev–Trinajstić information content (AvgIpc) is 2.78. The van der Waals surface area contributed by atoms with Crippen LogP contribution < -0.4 is 16.4 Å². The number of rotatable bonds is 8. The SMILES string of the molecule is NC(=O)C1CCCN(Cc2ccc(NC(=O)CNC(=O)CC34CC5CC(CC(C5)C3)C4)cc2)C1. The fourth-order valence-corrected chi connectivity index (χ4v) is 7.68. The van der Waals surface area contributed by atoms with Gasteiger partial charge in [0, 0.05) is 25.2 Å². The lowest BCUT2D eigenvalue weighted by Gasteiger charge is -2.56. The molecule has 34 heavy (non-hydrogen) atoms. The molecule has 7 heteroatoms. The van der Waals surface area contributed by atoms with Gasteiger partial charge in [-0.15, -0.1) is 0 Å². The first-order chi connectivity index (χ1) is 16.4. The van der Waals surface area contributed by atoms with Crippen LogP contribution in [0.4, 0.5) is 5.69 Å². The maximum atomic E-state index is 12.7. The van der Waals surface area contributed by atoms with E-state index in [9.17, 15) is 14.4 Å². The van der Waals surface area contributed by atoms with Gasteiger partial charge in [0.25, 0.3) is 0 Å². The molecule has 1 aliphatic heterocycles. The summed E-state index contributed by atoms with van der Waals surface area (Å²) in [6.07, 6.45) is 10.1. The number of primary amides is 1. The van der Waals surface area contributed by atoms with Crippen LogP contribution in [0, 0.1) is 29.1 Å². The molecular formula is C27H38N4O3. The van der Waals surface area contributed by atoms with Gasteiger partial charge in [-0.1, -0.05) is 12.1 Å². The lowest BCUT2D eigenvalue weighted by molar-refractivity contribution is -0.131. The predicted molar refractivity (Wildman–Crippen MR) is 130 cm³/mol. The Hall–Kier alpha value is -2.41. The number of carbonyl (C=O) groups is 3. The number of likely N-dealkylation sites (tertiary alicyclic amines) is 1. The van der Waals surface area contributed by atoms with Crippen molar-refractivity contribution in [3.8, 4) is 0 Å². The molecule has 1 aromatic rings. The smallest absolute Gasteiger partial charge is 0.243 e. The Morgan fingerprint density at radius 1 is 0.971 bits per heavy atom. The third kappa shape index (κ3) is 5.45. The van der Waals surface area contributed by atoms with Crippen LogP contribution in [-0.4, -0.2) is 42.3 Å². The molecule has 1 atom stereocenters. The molecule has 7 nitrogen and oxygen atoms in total. The first-order valence-corrected chi connectivity index (χ1v) is 13.0. The molecule has 1 unspecified atom stereocenters. The normalized spacial score (nSPS) is 32.4. The zero-order valence-electron chi connectivity index (χ0n) is 20.1. The number of nitrogens with zero attached hydrogens (tertiary/aromatic N) is 1. The molecule has 6 rings (SSSR count). The number of carbonyl (C=O) groups excluding carboxylic acids is 3. The summed E-state index contributed by atoms with van der Waals surface area (Å²) in [5.41, 5.74) is 7.52. The number of nitrogens with two attached hydrogens (primary N) is 1. The molecule has 1 saturated heterocycles. The highest BCUT2D eigenvalue weighted by Gasteiger charge is 2.51. The van der Waals surface area contributed by atoms with Crippen LogP contribution in [0.25, 0.3) is 0 Å². The minimum atomic E-state index is -0.215. The highest BCUT2D eigenvalue weighted by atomic mass is 16.2. The van der Waals surface area contributed by atoms with Gasteiger partial charge in [0.2, 0.25) is 17.7 Å². The zero-order valence-corrected chi connectivity index (χ0v) is 20.1. The van der Waals surface area contributed by atoms with E-state index in [0.717, 1.165) is 54.9 Å². The first-order valence-electron chi connectivity index (χ1n) is 13.0. The number of anilines is 1. The van der Waals surface area contributed by atoms with E-state index < -0.39 is 0 Å². The van der Waals surface area contributed by atoms with E-state index in [2.05, 4.69) is 15.5 Å². The molecule has 5 aliphatic rings. The number of amides is 3. The number of hydrogen-bond acceptors (Lipinski definition) is 4. The number of piperidine rings is 1. The molecule has 1 heterocycles. The maximum absolute atomic E-state index is 12.7. The zero-order chi connectivity index (χ0) is 23.7. The topological polar surface area (TPSA) is 105 Å². The molecule has 3 amide bonds. The summed E-state index contributed by atoms with van der Waals surface area (Å²) in [6.45, 7) is 2.44. The van der Waals surface area contributed by atoms with Gasteiger partial charge in [-0.2, -0.15) is 0 Å². The van der Waals surface area contributed by atoms with Gasteiger partial charge >= 0.3 is 0 Å². The van der Waals surface area contributed by atoms with Crippen LogP contribution in [0.2, 0.25) is 0 Å². The second kappa shape index (κ2) is 9.68. The highest BCUT2D eigenvalue weighted by molar-refractivity contribution is 5.94. The Morgan fingerprint density at radius 2 is 1.62 bits per heavy atom. The number of hydrogen-bond donors (Lipinski definition) is 3. The lowest BCUT2D eigenvalue weighted by atomic mass is 9.49. The molecule has 5 fully saturated rings. The van der Waals surface area contributed by atoms with Crippen LogP contribution in [0.3, 0.4) is 0 Å². The van der Waals surface area contributed by atoms with Crippen molar-refractivity contribution >= 4 is 23.4 Å². The highest BCUT2D eigenvalue weighted by Crippen LogP contribution is 2.61. The fraction of sp³-hybridized carbons (Fsp3) is 0.667. The lowest BCUT2D eigenvalue weighted by Crippen LogP contribution is -2.48. The van der Waals surface area contributed by atoms with Crippen molar-refractivity contribution < 1.29 is 14.4 Å². The summed E-state index contributed by atoms with van der Waals surface area (Å²) in [6, 6.07) is 7.77.